The second kappa shape index (κ2) is 11.3. The van der Waals surface area contributed by atoms with Crippen molar-refractivity contribution in [2.75, 3.05) is 39.2 Å². The molecular formula is C26H29N3O7S. The first kappa shape index (κ1) is 26.6. The van der Waals surface area contributed by atoms with Crippen molar-refractivity contribution in [3.8, 4) is 0 Å². The molecule has 2 aliphatic rings. The van der Waals surface area contributed by atoms with Crippen LogP contribution in [-0.2, 0) is 30.7 Å². The summed E-state index contributed by atoms with van der Waals surface area (Å²) < 4.78 is 37.7. The fourth-order valence-corrected chi connectivity index (χ4v) is 6.56. The quantitative estimate of drug-likeness (QED) is 0.291. The molecule has 0 radical (unpaired) electrons. The van der Waals surface area contributed by atoms with Gasteiger partial charge in [0.1, 0.15) is 11.9 Å². The van der Waals surface area contributed by atoms with Crippen molar-refractivity contribution in [3.63, 3.8) is 0 Å². The van der Waals surface area contributed by atoms with Gasteiger partial charge in [-0.2, -0.15) is 0 Å². The lowest BCUT2D eigenvalue weighted by Crippen LogP contribution is -2.42. The van der Waals surface area contributed by atoms with Crippen molar-refractivity contribution >= 4 is 27.2 Å². The molecule has 0 bridgehead atoms. The molecule has 0 saturated carbocycles. The van der Waals surface area contributed by atoms with E-state index in [2.05, 4.69) is 4.99 Å². The van der Waals surface area contributed by atoms with Gasteiger partial charge >= 0.3 is 5.97 Å². The zero-order valence-electron chi connectivity index (χ0n) is 20.7. The largest absolute Gasteiger partial charge is 0.461 e. The van der Waals surface area contributed by atoms with Gasteiger partial charge in [-0.1, -0.05) is 42.5 Å². The number of hydrogen-bond donors (Lipinski definition) is 0. The van der Waals surface area contributed by atoms with Crippen LogP contribution < -0.4 is 0 Å². The normalized spacial score (nSPS) is 21.1. The van der Waals surface area contributed by atoms with Crippen LogP contribution in [0.25, 0.3) is 0 Å². The molecule has 0 amide bonds. The number of ether oxygens (including phenoxy) is 2. The zero-order valence-corrected chi connectivity index (χ0v) is 21.5. The van der Waals surface area contributed by atoms with Crippen LogP contribution in [0.3, 0.4) is 0 Å². The SMILES string of the molecule is CC1=C(C(=O)OCCN(C)Cc2ccccc2)C(c2cccc([N+](=O)[O-])c2)C2C(=N1)COCCS2(=O)=O. The fraction of sp³-hybridized carbons (Fsp3) is 0.385. The summed E-state index contributed by atoms with van der Waals surface area (Å²) in [5.41, 5.74) is 1.94. The van der Waals surface area contributed by atoms with Gasteiger partial charge in [-0.25, -0.2) is 13.2 Å². The number of fused-ring (bicyclic) bond motifs is 1. The van der Waals surface area contributed by atoms with Crippen LogP contribution >= 0.6 is 0 Å². The number of sulfone groups is 1. The van der Waals surface area contributed by atoms with Gasteiger partial charge in [-0.15, -0.1) is 0 Å². The Morgan fingerprint density at radius 3 is 2.70 bits per heavy atom. The highest BCUT2D eigenvalue weighted by molar-refractivity contribution is 7.92. The summed E-state index contributed by atoms with van der Waals surface area (Å²) in [6, 6.07) is 15.6. The van der Waals surface area contributed by atoms with Crippen LogP contribution in [0.1, 0.15) is 24.0 Å². The fourth-order valence-electron chi connectivity index (χ4n) is 4.71. The van der Waals surface area contributed by atoms with Crippen LogP contribution in [0.5, 0.6) is 0 Å². The smallest absolute Gasteiger partial charge is 0.336 e. The highest BCUT2D eigenvalue weighted by atomic mass is 32.2. The van der Waals surface area contributed by atoms with Crippen molar-refractivity contribution in [1.82, 2.24) is 4.90 Å². The average molecular weight is 528 g/mol. The number of aliphatic imine (C=N–C) groups is 1. The van der Waals surface area contributed by atoms with Gasteiger partial charge in [0.25, 0.3) is 5.69 Å². The van der Waals surface area contributed by atoms with Crippen LogP contribution in [0.2, 0.25) is 0 Å². The predicted octanol–water partition coefficient (Wildman–Crippen LogP) is 2.90. The molecular weight excluding hydrogens is 498 g/mol. The second-order valence-corrected chi connectivity index (χ2v) is 11.4. The Hall–Kier alpha value is -3.41. The van der Waals surface area contributed by atoms with Gasteiger partial charge in [0.05, 0.1) is 35.2 Å². The van der Waals surface area contributed by atoms with E-state index in [4.69, 9.17) is 9.47 Å². The van der Waals surface area contributed by atoms with Crippen molar-refractivity contribution in [3.05, 3.63) is 87.1 Å². The molecule has 0 aliphatic carbocycles. The number of nitro benzene ring substituents is 1. The van der Waals surface area contributed by atoms with Crippen molar-refractivity contribution in [2.45, 2.75) is 24.6 Å². The number of benzene rings is 2. The topological polar surface area (TPSA) is 128 Å². The maximum Gasteiger partial charge on any atom is 0.336 e. The molecule has 1 saturated heterocycles. The van der Waals surface area contributed by atoms with Gasteiger partial charge in [-0.3, -0.25) is 20.0 Å². The highest BCUT2D eigenvalue weighted by Gasteiger charge is 2.47. The van der Waals surface area contributed by atoms with Crippen molar-refractivity contribution in [1.29, 1.82) is 0 Å². The van der Waals surface area contributed by atoms with E-state index in [-0.39, 0.29) is 42.5 Å². The van der Waals surface area contributed by atoms with Gasteiger partial charge in [0, 0.05) is 36.8 Å². The lowest BCUT2D eigenvalue weighted by atomic mass is 9.83. The Labute approximate surface area is 215 Å². The summed E-state index contributed by atoms with van der Waals surface area (Å²) >= 11 is 0. The number of carbonyl (C=O) groups excluding carboxylic acids is 1. The van der Waals surface area contributed by atoms with Crippen LogP contribution in [-0.4, -0.2) is 74.3 Å². The second-order valence-electron chi connectivity index (χ2n) is 9.13. The minimum atomic E-state index is -3.78. The van der Waals surface area contributed by atoms with Crippen molar-refractivity contribution < 1.29 is 27.6 Å². The van der Waals surface area contributed by atoms with Gasteiger partial charge in [-0.05, 0) is 25.1 Å². The molecule has 2 atom stereocenters. The average Bonchev–Trinajstić information content (AvgIpc) is 3.01. The molecule has 11 heteroatoms. The Morgan fingerprint density at radius 1 is 1.22 bits per heavy atom. The molecule has 2 aromatic rings. The van der Waals surface area contributed by atoms with E-state index in [0.29, 0.717) is 24.4 Å². The number of nitro groups is 1. The minimum absolute atomic E-state index is 0.000722. The number of likely N-dealkylation sites (N-methyl/N-ethyl adjacent to an activating group) is 1. The van der Waals surface area contributed by atoms with Crippen LogP contribution in [0.15, 0.2) is 70.9 Å². The van der Waals surface area contributed by atoms with Crippen molar-refractivity contribution in [2.24, 2.45) is 4.99 Å². The number of hydrogen-bond acceptors (Lipinski definition) is 9. The Bertz CT molecular complexity index is 1340. The number of non-ortho nitro benzene ring substituents is 1. The minimum Gasteiger partial charge on any atom is -0.461 e. The molecule has 0 spiro atoms. The summed E-state index contributed by atoms with van der Waals surface area (Å²) in [5.74, 6) is -1.94. The Balaban J connectivity index is 1.62. The first-order valence-corrected chi connectivity index (χ1v) is 13.6. The molecule has 10 nitrogen and oxygen atoms in total. The van der Waals surface area contributed by atoms with Gasteiger partial charge < -0.3 is 9.47 Å². The lowest BCUT2D eigenvalue weighted by Gasteiger charge is -2.32. The maximum atomic E-state index is 13.4. The summed E-state index contributed by atoms with van der Waals surface area (Å²) in [7, 11) is -1.88. The number of allylic oxidation sites excluding steroid dienone is 1. The van der Waals surface area contributed by atoms with E-state index >= 15 is 0 Å². The third-order valence-corrected chi connectivity index (χ3v) is 8.51. The summed E-state index contributed by atoms with van der Waals surface area (Å²) in [6.45, 7) is 2.83. The number of rotatable bonds is 8. The third kappa shape index (κ3) is 6.12. The van der Waals surface area contributed by atoms with Gasteiger partial charge in [0.2, 0.25) is 0 Å². The molecule has 2 unspecified atom stereocenters. The molecule has 2 aliphatic heterocycles. The van der Waals surface area contributed by atoms with Crippen LogP contribution in [0.4, 0.5) is 5.69 Å². The molecule has 0 aromatic heterocycles. The highest BCUT2D eigenvalue weighted by Crippen LogP contribution is 2.40. The molecule has 2 heterocycles. The van der Waals surface area contributed by atoms with E-state index < -0.39 is 31.9 Å². The lowest BCUT2D eigenvalue weighted by molar-refractivity contribution is -0.384. The van der Waals surface area contributed by atoms with E-state index in [9.17, 15) is 23.3 Å². The third-order valence-electron chi connectivity index (χ3n) is 6.45. The molecule has 0 N–H and O–H groups in total. The van der Waals surface area contributed by atoms with Crippen LogP contribution in [0, 0.1) is 10.1 Å². The number of nitrogens with zero attached hydrogens (tertiary/aromatic N) is 3. The zero-order chi connectivity index (χ0) is 26.6. The maximum absolute atomic E-state index is 13.4. The first-order valence-electron chi connectivity index (χ1n) is 11.9. The number of carbonyl (C=O) groups is 1. The van der Waals surface area contributed by atoms with E-state index in [1.54, 1.807) is 13.0 Å². The van der Waals surface area contributed by atoms with E-state index in [1.807, 2.05) is 42.3 Å². The van der Waals surface area contributed by atoms with E-state index in [0.717, 1.165) is 5.56 Å². The van der Waals surface area contributed by atoms with Gasteiger partial charge in [0.15, 0.2) is 9.84 Å². The Kier molecular flexibility index (Phi) is 8.16. The summed E-state index contributed by atoms with van der Waals surface area (Å²) in [6.07, 6.45) is 0. The monoisotopic (exact) mass is 527 g/mol. The standard InChI is InChI=1S/C26H29N3O7S/c1-18-23(26(30)36-12-11-28(2)16-19-7-4-3-5-8-19)24(20-9-6-10-21(15-20)29(31)32)25-22(27-18)17-35-13-14-37(25,33)34/h3-10,15,24-25H,11-14,16-17H2,1-2H3. The Morgan fingerprint density at radius 2 is 1.97 bits per heavy atom. The molecule has 4 rings (SSSR count). The summed E-state index contributed by atoms with van der Waals surface area (Å²) in [5, 5.41) is 10.3. The summed E-state index contributed by atoms with van der Waals surface area (Å²) in [4.78, 5) is 30.7. The molecule has 196 valence electrons. The molecule has 1 fully saturated rings. The predicted molar refractivity (Wildman–Crippen MR) is 138 cm³/mol. The number of esters is 1. The molecule has 37 heavy (non-hydrogen) atoms. The molecule has 2 aromatic carbocycles. The van der Waals surface area contributed by atoms with E-state index in [1.165, 1.54) is 18.2 Å². The first-order chi connectivity index (χ1) is 17.7.